The van der Waals surface area contributed by atoms with Crippen LogP contribution in [0.1, 0.15) is 55.2 Å². The number of amides is 2. The van der Waals surface area contributed by atoms with Gasteiger partial charge in [-0.1, -0.05) is 12.1 Å². The molecule has 1 aliphatic carbocycles. The summed E-state index contributed by atoms with van der Waals surface area (Å²) >= 11 is 0. The van der Waals surface area contributed by atoms with E-state index in [9.17, 15) is 32.3 Å². The molecule has 10 heteroatoms. The number of aromatic amines is 1. The summed E-state index contributed by atoms with van der Waals surface area (Å²) < 4.78 is 38.7. The van der Waals surface area contributed by atoms with E-state index in [1.165, 1.54) is 42.5 Å². The molecular weight excluding hydrogens is 451 g/mol. The van der Waals surface area contributed by atoms with E-state index < -0.39 is 29.1 Å². The number of anilines is 2. The molecule has 1 heterocycles. The number of H-pyrrole nitrogens is 1. The lowest BCUT2D eigenvalue weighted by Crippen LogP contribution is -2.27. The maximum absolute atomic E-state index is 12.9. The van der Waals surface area contributed by atoms with Gasteiger partial charge in [-0.25, -0.2) is 0 Å². The lowest BCUT2D eigenvalue weighted by molar-refractivity contribution is -0.137. The second kappa shape index (κ2) is 8.97. The lowest BCUT2D eigenvalue weighted by atomic mass is 9.93. The molecule has 0 radical (unpaired) electrons. The highest BCUT2D eigenvalue weighted by Gasteiger charge is 2.30. The maximum Gasteiger partial charge on any atom is 0.416 e. The summed E-state index contributed by atoms with van der Waals surface area (Å²) in [5.41, 5.74) is -0.747. The van der Waals surface area contributed by atoms with Crippen LogP contribution < -0.4 is 16.2 Å². The summed E-state index contributed by atoms with van der Waals surface area (Å²) in [6.45, 7) is 0. The van der Waals surface area contributed by atoms with Crippen LogP contribution in [-0.2, 0) is 12.6 Å². The van der Waals surface area contributed by atoms with E-state index in [4.69, 9.17) is 0 Å². The first-order chi connectivity index (χ1) is 16.1. The van der Waals surface area contributed by atoms with Crippen LogP contribution in [0.5, 0.6) is 0 Å². The number of aryl methyl sites for hydroxylation is 1. The van der Waals surface area contributed by atoms with Crippen molar-refractivity contribution in [3.05, 3.63) is 92.9 Å². The van der Waals surface area contributed by atoms with E-state index in [2.05, 4.69) is 15.6 Å². The standard InChI is InChI=1S/C24H18F3N3O4/c25-24(26,27)14-5-2-7-16(11-14)28-21(32)13-4-1-6-15(10-13)29-22(33)18-12-17-19(30-23(18)34)8-3-9-20(17)31/h1-2,4-7,10-12H,3,8-9H2,(H,28,32)(H,29,33)(H,30,34). The number of Topliss-reactive ketones (excluding diaryl/α,β-unsaturated/α-hetero) is 1. The minimum absolute atomic E-state index is 0.0421. The quantitative estimate of drug-likeness (QED) is 0.526. The molecule has 0 aliphatic heterocycles. The maximum atomic E-state index is 12.9. The number of ketones is 1. The minimum Gasteiger partial charge on any atom is -0.325 e. The Balaban J connectivity index is 1.52. The van der Waals surface area contributed by atoms with Crippen molar-refractivity contribution in [3.8, 4) is 0 Å². The van der Waals surface area contributed by atoms with Gasteiger partial charge in [0.15, 0.2) is 5.78 Å². The van der Waals surface area contributed by atoms with E-state index in [-0.39, 0.29) is 28.3 Å². The van der Waals surface area contributed by atoms with E-state index in [1.807, 2.05) is 0 Å². The molecule has 2 aromatic carbocycles. The molecule has 0 unspecified atom stereocenters. The molecule has 0 atom stereocenters. The number of alkyl halides is 3. The number of rotatable bonds is 4. The summed E-state index contributed by atoms with van der Waals surface area (Å²) in [5, 5.41) is 4.90. The third-order valence-corrected chi connectivity index (χ3v) is 5.33. The minimum atomic E-state index is -4.55. The number of carbonyl (C=O) groups excluding carboxylic acids is 3. The summed E-state index contributed by atoms with van der Waals surface area (Å²) in [7, 11) is 0. The number of halogens is 3. The molecular formula is C24H18F3N3O4. The Morgan fingerprint density at radius 2 is 1.53 bits per heavy atom. The third kappa shape index (κ3) is 4.90. The molecule has 7 nitrogen and oxygen atoms in total. The molecule has 0 fully saturated rings. The van der Waals surface area contributed by atoms with Gasteiger partial charge in [-0.3, -0.25) is 19.2 Å². The molecule has 2 amide bonds. The number of hydrogen-bond acceptors (Lipinski definition) is 4. The van der Waals surface area contributed by atoms with Crippen molar-refractivity contribution in [1.82, 2.24) is 4.98 Å². The van der Waals surface area contributed by atoms with Gasteiger partial charge in [-0.15, -0.1) is 0 Å². The molecule has 0 bridgehead atoms. The molecule has 4 rings (SSSR count). The van der Waals surface area contributed by atoms with Gasteiger partial charge in [0.05, 0.1) is 5.56 Å². The van der Waals surface area contributed by atoms with Crippen LogP contribution in [-0.4, -0.2) is 22.6 Å². The van der Waals surface area contributed by atoms with Crippen molar-refractivity contribution in [2.24, 2.45) is 0 Å². The van der Waals surface area contributed by atoms with E-state index in [1.54, 1.807) is 0 Å². The molecule has 0 spiro atoms. The van der Waals surface area contributed by atoms with E-state index in [0.717, 1.165) is 12.1 Å². The van der Waals surface area contributed by atoms with Gasteiger partial charge in [0.1, 0.15) is 5.56 Å². The van der Waals surface area contributed by atoms with Crippen molar-refractivity contribution in [2.75, 3.05) is 10.6 Å². The smallest absolute Gasteiger partial charge is 0.325 e. The molecule has 174 valence electrons. The van der Waals surface area contributed by atoms with Crippen molar-refractivity contribution < 1.29 is 27.6 Å². The SMILES string of the molecule is O=C(Nc1cccc(C(F)(F)F)c1)c1cccc(NC(=O)c2cc3c([nH]c2=O)CCCC3=O)c1. The van der Waals surface area contributed by atoms with Crippen molar-refractivity contribution in [2.45, 2.75) is 25.4 Å². The highest BCUT2D eigenvalue weighted by Crippen LogP contribution is 2.30. The average molecular weight is 469 g/mol. The number of nitrogens with one attached hydrogen (secondary N) is 3. The molecule has 3 aromatic rings. The van der Waals surface area contributed by atoms with Gasteiger partial charge in [0.25, 0.3) is 17.4 Å². The predicted octanol–water partition coefficient (Wildman–Crippen LogP) is 4.42. The van der Waals surface area contributed by atoms with Crippen LogP contribution in [0.15, 0.2) is 59.4 Å². The van der Waals surface area contributed by atoms with Crippen LogP contribution in [0.25, 0.3) is 0 Å². The summed E-state index contributed by atoms with van der Waals surface area (Å²) in [6, 6.07) is 11.2. The van der Waals surface area contributed by atoms with Gasteiger partial charge < -0.3 is 15.6 Å². The Morgan fingerprint density at radius 1 is 0.853 bits per heavy atom. The first-order valence-corrected chi connectivity index (χ1v) is 10.3. The fraction of sp³-hybridized carbons (Fsp3) is 0.167. The normalized spacial score (nSPS) is 13.2. The fourth-order valence-corrected chi connectivity index (χ4v) is 3.66. The highest BCUT2D eigenvalue weighted by atomic mass is 19.4. The Hall–Kier alpha value is -4.21. The fourth-order valence-electron chi connectivity index (χ4n) is 3.66. The highest BCUT2D eigenvalue weighted by molar-refractivity contribution is 6.08. The van der Waals surface area contributed by atoms with E-state index in [0.29, 0.717) is 30.5 Å². The first-order valence-electron chi connectivity index (χ1n) is 10.3. The van der Waals surface area contributed by atoms with Crippen molar-refractivity contribution >= 4 is 29.0 Å². The number of carbonyl (C=O) groups is 3. The largest absolute Gasteiger partial charge is 0.416 e. The van der Waals surface area contributed by atoms with E-state index >= 15 is 0 Å². The molecule has 3 N–H and O–H groups in total. The molecule has 1 aliphatic rings. The Bertz CT molecular complexity index is 1360. The van der Waals surface area contributed by atoms with Gasteiger partial charge in [0, 0.05) is 34.6 Å². The van der Waals surface area contributed by atoms with Crippen molar-refractivity contribution in [3.63, 3.8) is 0 Å². The predicted molar refractivity (Wildman–Crippen MR) is 118 cm³/mol. The molecule has 0 saturated heterocycles. The zero-order valence-corrected chi connectivity index (χ0v) is 17.6. The zero-order chi connectivity index (χ0) is 24.5. The average Bonchev–Trinajstić information content (AvgIpc) is 2.78. The molecule has 1 aromatic heterocycles. The number of aromatic nitrogens is 1. The monoisotopic (exact) mass is 469 g/mol. The number of benzene rings is 2. The third-order valence-electron chi connectivity index (χ3n) is 5.33. The van der Waals surface area contributed by atoms with Gasteiger partial charge in [-0.05, 0) is 55.3 Å². The Kier molecular flexibility index (Phi) is 6.06. The lowest BCUT2D eigenvalue weighted by Gasteiger charge is -2.15. The van der Waals surface area contributed by atoms with Crippen LogP contribution in [0.2, 0.25) is 0 Å². The van der Waals surface area contributed by atoms with Gasteiger partial charge in [-0.2, -0.15) is 13.2 Å². The summed E-state index contributed by atoms with van der Waals surface area (Å²) in [5.74, 6) is -1.61. The summed E-state index contributed by atoms with van der Waals surface area (Å²) in [6.07, 6.45) is -3.04. The topological polar surface area (TPSA) is 108 Å². The Morgan fingerprint density at radius 3 is 2.26 bits per heavy atom. The number of fused-ring (bicyclic) bond motifs is 1. The summed E-state index contributed by atoms with van der Waals surface area (Å²) in [4.78, 5) is 52.3. The zero-order valence-electron chi connectivity index (χ0n) is 17.6. The first kappa shape index (κ1) is 23.0. The van der Waals surface area contributed by atoms with Gasteiger partial charge >= 0.3 is 6.18 Å². The van der Waals surface area contributed by atoms with Crippen LogP contribution >= 0.6 is 0 Å². The molecule has 0 saturated carbocycles. The van der Waals surface area contributed by atoms with Crippen molar-refractivity contribution in [1.29, 1.82) is 0 Å². The second-order valence-electron chi connectivity index (χ2n) is 7.75. The van der Waals surface area contributed by atoms with Gasteiger partial charge in [0.2, 0.25) is 0 Å². The number of hydrogen-bond donors (Lipinski definition) is 3. The second-order valence-corrected chi connectivity index (χ2v) is 7.75. The number of pyridine rings is 1. The molecule has 34 heavy (non-hydrogen) atoms. The van der Waals surface area contributed by atoms with Crippen LogP contribution in [0.4, 0.5) is 24.5 Å². The Labute approximate surface area is 191 Å². The van der Waals surface area contributed by atoms with Crippen LogP contribution in [0, 0.1) is 0 Å². The van der Waals surface area contributed by atoms with Crippen LogP contribution in [0.3, 0.4) is 0 Å².